The maximum Gasteiger partial charge on any atom is 0.306 e. The minimum Gasteiger partial charge on any atom is -0.545 e. The second-order valence-electron chi connectivity index (χ2n) is 21.6. The molecule has 0 fully saturated rings. The van der Waals surface area contributed by atoms with Gasteiger partial charge in [-0.05, 0) is 51.4 Å². The van der Waals surface area contributed by atoms with Gasteiger partial charge in [-0.2, -0.15) is 0 Å². The summed E-state index contributed by atoms with van der Waals surface area (Å²) in [6, 6.07) is 0. The van der Waals surface area contributed by atoms with Gasteiger partial charge in [-0.15, -0.1) is 0 Å². The average Bonchev–Trinajstić information content (AvgIpc) is 3.35. The van der Waals surface area contributed by atoms with Crippen molar-refractivity contribution in [3.8, 4) is 0 Å². The zero-order valence-corrected chi connectivity index (χ0v) is 47.8. The lowest BCUT2D eigenvalue weighted by Gasteiger charge is -2.26. The normalized spacial score (nSPS) is 13.1. The number of quaternary nitrogens is 1. The van der Waals surface area contributed by atoms with Crippen LogP contribution in [0, 0.1) is 0 Å². The summed E-state index contributed by atoms with van der Waals surface area (Å²) < 4.78 is 22.7. The predicted octanol–water partition coefficient (Wildman–Crippen LogP) is 16.5. The maximum atomic E-state index is 12.9. The summed E-state index contributed by atoms with van der Waals surface area (Å²) in [5.41, 5.74) is 0. The van der Waals surface area contributed by atoms with E-state index < -0.39 is 24.3 Å². The van der Waals surface area contributed by atoms with Crippen molar-refractivity contribution in [2.75, 3.05) is 47.5 Å². The quantitative estimate of drug-likeness (QED) is 0.0195. The van der Waals surface area contributed by atoms with Crippen LogP contribution in [0.2, 0.25) is 0 Å². The number of unbranched alkanes of at least 4 members (excludes halogenated alkanes) is 33. The van der Waals surface area contributed by atoms with Crippen LogP contribution in [0.5, 0.6) is 0 Å². The van der Waals surface area contributed by atoms with Crippen LogP contribution in [0.3, 0.4) is 0 Å². The monoisotopic (exact) mass is 1010 g/mol. The molecule has 9 heteroatoms. The predicted molar refractivity (Wildman–Crippen MR) is 302 cm³/mol. The summed E-state index contributed by atoms with van der Waals surface area (Å²) >= 11 is 0. The molecule has 0 rings (SSSR count). The first kappa shape index (κ1) is 69.2. The summed E-state index contributed by atoms with van der Waals surface area (Å²) in [6.07, 6.45) is 64.5. The van der Waals surface area contributed by atoms with Crippen LogP contribution in [-0.4, -0.2) is 82.3 Å². The highest BCUT2D eigenvalue weighted by Gasteiger charge is 2.22. The molecule has 0 amide bonds. The number of carbonyl (C=O) groups excluding carboxylic acids is 3. The summed E-state index contributed by atoms with van der Waals surface area (Å²) in [5, 5.41) is 11.8. The molecule has 0 aliphatic rings. The molecule has 0 aliphatic heterocycles. The van der Waals surface area contributed by atoms with Gasteiger partial charge in [-0.1, -0.05) is 262 Å². The van der Waals surface area contributed by atoms with E-state index in [9.17, 15) is 19.5 Å². The largest absolute Gasteiger partial charge is 0.545 e. The number of hydrogen-bond donors (Lipinski definition) is 0. The van der Waals surface area contributed by atoms with E-state index in [1.165, 1.54) is 180 Å². The van der Waals surface area contributed by atoms with Gasteiger partial charge in [-0.3, -0.25) is 9.59 Å². The second-order valence-corrected chi connectivity index (χ2v) is 21.6. The highest BCUT2D eigenvalue weighted by molar-refractivity contribution is 5.70. The Morgan fingerprint density at radius 3 is 1.18 bits per heavy atom. The smallest absolute Gasteiger partial charge is 0.306 e. The van der Waals surface area contributed by atoms with E-state index in [2.05, 4.69) is 62.5 Å². The summed E-state index contributed by atoms with van der Waals surface area (Å²) in [4.78, 5) is 37.3. The number of nitrogens with zero attached hydrogens (tertiary/aromatic N) is 1. The molecule has 0 aromatic heterocycles. The number of aliphatic carboxylic acids is 1. The topological polar surface area (TPSA) is 111 Å². The van der Waals surface area contributed by atoms with Crippen LogP contribution in [0.1, 0.15) is 277 Å². The first-order valence-electron chi connectivity index (χ1n) is 30.3. The van der Waals surface area contributed by atoms with Crippen LogP contribution >= 0.6 is 0 Å². The Labute approximate surface area is 444 Å². The minimum absolute atomic E-state index is 0.148. The van der Waals surface area contributed by atoms with Gasteiger partial charge in [0.15, 0.2) is 12.4 Å². The Hall–Kier alpha value is -2.75. The lowest BCUT2D eigenvalue weighted by atomic mass is 10.0. The molecule has 2 atom stereocenters. The highest BCUT2D eigenvalue weighted by Crippen LogP contribution is 2.17. The summed E-state index contributed by atoms with van der Waals surface area (Å²) in [5.74, 6) is -2.27. The first-order chi connectivity index (χ1) is 35.1. The fourth-order valence-corrected chi connectivity index (χ4v) is 8.71. The third-order valence-corrected chi connectivity index (χ3v) is 13.3. The number of ether oxygens (including phenoxy) is 4. The molecule has 2 unspecified atom stereocenters. The van der Waals surface area contributed by atoms with Gasteiger partial charge >= 0.3 is 11.9 Å². The van der Waals surface area contributed by atoms with Crippen molar-refractivity contribution in [2.24, 2.45) is 0 Å². The number of rotatable bonds is 56. The molecule has 0 aromatic carbocycles. The molecule has 0 saturated heterocycles. The van der Waals surface area contributed by atoms with E-state index in [4.69, 9.17) is 18.9 Å². The molecular formula is C63H115NO8. The molecule has 0 radical (unpaired) electrons. The van der Waals surface area contributed by atoms with Crippen molar-refractivity contribution in [2.45, 2.75) is 289 Å². The fourth-order valence-electron chi connectivity index (χ4n) is 8.71. The molecule has 0 bridgehead atoms. The Morgan fingerprint density at radius 2 is 0.792 bits per heavy atom. The molecular weight excluding hydrogens is 899 g/mol. The molecule has 9 nitrogen and oxygen atoms in total. The van der Waals surface area contributed by atoms with Crippen LogP contribution in [0.4, 0.5) is 0 Å². The van der Waals surface area contributed by atoms with E-state index in [0.717, 1.165) is 64.2 Å². The molecule has 0 saturated carbocycles. The fraction of sp³-hybridized carbons (Fsp3) is 0.825. The standard InChI is InChI=1S/C63H115NO8/c1-6-8-10-12-14-16-18-20-22-24-26-28-30-31-32-34-36-38-40-42-44-46-48-50-52-54-61(66)72-59(58-71-63(62(67)68)69-56-55-64(3,4)5)57-70-60(65)53-51-49-47-45-43-41-39-37-35-33-29-27-25-23-21-19-17-15-13-11-9-7-2/h8,10,14,16,20,22,26,28,59,63H,6-7,9,11-13,15,17-19,21,23-25,27,29-58H2,1-5H3/b10-8-,16-14-,22-20-,28-26-. The van der Waals surface area contributed by atoms with Gasteiger partial charge in [0.05, 0.1) is 40.3 Å². The third kappa shape index (κ3) is 55.0. The Kier molecular flexibility index (Phi) is 52.4. The second kappa shape index (κ2) is 54.5. The lowest BCUT2D eigenvalue weighted by Crippen LogP contribution is -2.44. The van der Waals surface area contributed by atoms with E-state index in [1.807, 2.05) is 21.1 Å². The number of likely N-dealkylation sites (N-methyl/N-ethyl adjacent to an activating group) is 1. The molecule has 0 heterocycles. The van der Waals surface area contributed by atoms with Gasteiger partial charge in [0.1, 0.15) is 13.2 Å². The van der Waals surface area contributed by atoms with Crippen molar-refractivity contribution >= 4 is 17.9 Å². The number of esters is 2. The number of carboxylic acid groups (broad SMARTS) is 1. The third-order valence-electron chi connectivity index (χ3n) is 13.3. The summed E-state index contributed by atoms with van der Waals surface area (Å²) in [6.45, 7) is 4.68. The highest BCUT2D eigenvalue weighted by atomic mass is 16.7. The van der Waals surface area contributed by atoms with Gasteiger partial charge in [0.2, 0.25) is 0 Å². The van der Waals surface area contributed by atoms with E-state index in [1.54, 1.807) is 0 Å². The van der Waals surface area contributed by atoms with E-state index in [0.29, 0.717) is 23.9 Å². The Bertz CT molecular complexity index is 1320. The van der Waals surface area contributed by atoms with Crippen LogP contribution < -0.4 is 5.11 Å². The first-order valence-corrected chi connectivity index (χ1v) is 30.3. The Morgan fingerprint density at radius 1 is 0.431 bits per heavy atom. The SMILES string of the molecule is CC/C=C\C/C=C\C/C=C\C/C=C\CCCCCCCCCCCCCCC(=O)OC(COC(=O)CCCCCCCCCCCCCCCCCCCCCCCC)COC(OCC[N+](C)(C)C)C(=O)[O-]. The van der Waals surface area contributed by atoms with Gasteiger partial charge in [0.25, 0.3) is 0 Å². The van der Waals surface area contributed by atoms with Crippen molar-refractivity contribution in [3.05, 3.63) is 48.6 Å². The summed E-state index contributed by atoms with van der Waals surface area (Å²) in [7, 11) is 5.93. The minimum atomic E-state index is -1.62. The molecule has 0 spiro atoms. The van der Waals surface area contributed by atoms with Gasteiger partial charge in [-0.25, -0.2) is 0 Å². The van der Waals surface area contributed by atoms with Crippen LogP contribution in [-0.2, 0) is 33.3 Å². The zero-order valence-electron chi connectivity index (χ0n) is 47.8. The van der Waals surface area contributed by atoms with E-state index in [-0.39, 0.29) is 32.2 Å². The van der Waals surface area contributed by atoms with Gasteiger partial charge in [0, 0.05) is 12.8 Å². The zero-order chi connectivity index (χ0) is 52.7. The van der Waals surface area contributed by atoms with Crippen LogP contribution in [0.25, 0.3) is 0 Å². The van der Waals surface area contributed by atoms with Crippen molar-refractivity contribution < 1.29 is 42.9 Å². The number of carboxylic acids is 1. The van der Waals surface area contributed by atoms with E-state index >= 15 is 0 Å². The Balaban J connectivity index is 4.20. The van der Waals surface area contributed by atoms with Crippen molar-refractivity contribution in [1.29, 1.82) is 0 Å². The number of carbonyl (C=O) groups is 3. The molecule has 72 heavy (non-hydrogen) atoms. The van der Waals surface area contributed by atoms with Crippen LogP contribution in [0.15, 0.2) is 48.6 Å². The van der Waals surface area contributed by atoms with Gasteiger partial charge < -0.3 is 33.3 Å². The lowest BCUT2D eigenvalue weighted by molar-refractivity contribution is -0.870. The molecule has 0 aromatic rings. The maximum absolute atomic E-state index is 12.9. The molecule has 0 N–H and O–H groups in total. The molecule has 420 valence electrons. The number of allylic oxidation sites excluding steroid dienone is 8. The van der Waals surface area contributed by atoms with Crippen molar-refractivity contribution in [1.82, 2.24) is 0 Å². The number of hydrogen-bond acceptors (Lipinski definition) is 8. The molecule has 0 aliphatic carbocycles. The average molecular weight is 1010 g/mol. The van der Waals surface area contributed by atoms with Crippen molar-refractivity contribution in [3.63, 3.8) is 0 Å².